The second-order valence-corrected chi connectivity index (χ2v) is 6.77. The number of likely N-dealkylation sites (tertiary alicyclic amines) is 1. The average Bonchev–Trinajstić information content (AvgIpc) is 2.58. The van der Waals surface area contributed by atoms with Crippen LogP contribution in [-0.2, 0) is 9.59 Å². The third kappa shape index (κ3) is 1.28. The molecule has 0 N–H and O–H groups in total. The molecule has 5 fully saturated rings. The van der Waals surface area contributed by atoms with Crippen molar-refractivity contribution in [1.29, 1.82) is 0 Å². The highest BCUT2D eigenvalue weighted by molar-refractivity contribution is 6.38. The molecule has 0 aromatic heterocycles. The van der Waals surface area contributed by atoms with E-state index >= 15 is 0 Å². The standard InChI is InChI=1S/C14H19NO2/c16-12-1-2-15(13(12)17)14-6-9-3-10(7-14)5-11(4-9)8-14/h9-11H,1-8H2. The summed E-state index contributed by atoms with van der Waals surface area (Å²) in [5, 5.41) is 0. The van der Waals surface area contributed by atoms with Gasteiger partial charge < -0.3 is 4.90 Å². The van der Waals surface area contributed by atoms with Crippen LogP contribution in [0.3, 0.4) is 0 Å². The Morgan fingerprint density at radius 2 is 1.47 bits per heavy atom. The van der Waals surface area contributed by atoms with Crippen molar-refractivity contribution in [3.8, 4) is 0 Å². The number of hydrogen-bond donors (Lipinski definition) is 0. The van der Waals surface area contributed by atoms with Gasteiger partial charge in [0, 0.05) is 18.5 Å². The fourth-order valence-electron chi connectivity index (χ4n) is 5.42. The molecule has 0 aromatic rings. The van der Waals surface area contributed by atoms with Crippen LogP contribution in [0.15, 0.2) is 0 Å². The van der Waals surface area contributed by atoms with E-state index in [9.17, 15) is 9.59 Å². The summed E-state index contributed by atoms with van der Waals surface area (Å²) in [6.07, 6.45) is 8.15. The second-order valence-electron chi connectivity index (χ2n) is 6.77. The fourth-order valence-corrected chi connectivity index (χ4v) is 5.42. The van der Waals surface area contributed by atoms with E-state index in [1.807, 2.05) is 4.90 Å². The van der Waals surface area contributed by atoms with Gasteiger partial charge >= 0.3 is 0 Å². The number of amides is 1. The molecule has 0 unspecified atom stereocenters. The minimum Gasteiger partial charge on any atom is -0.330 e. The highest BCUT2D eigenvalue weighted by Crippen LogP contribution is 2.58. The van der Waals surface area contributed by atoms with Crippen LogP contribution in [-0.4, -0.2) is 28.7 Å². The minimum atomic E-state index is -0.174. The molecular formula is C14H19NO2. The van der Waals surface area contributed by atoms with Gasteiger partial charge in [0.05, 0.1) is 0 Å². The van der Waals surface area contributed by atoms with Crippen LogP contribution in [0.2, 0.25) is 0 Å². The van der Waals surface area contributed by atoms with Gasteiger partial charge in [-0.25, -0.2) is 0 Å². The third-order valence-corrected chi connectivity index (χ3v) is 5.62. The summed E-state index contributed by atoms with van der Waals surface area (Å²) in [4.78, 5) is 25.5. The summed E-state index contributed by atoms with van der Waals surface area (Å²) in [5.74, 6) is 2.19. The van der Waals surface area contributed by atoms with Gasteiger partial charge in [0.25, 0.3) is 5.91 Å². The van der Waals surface area contributed by atoms with E-state index in [0.717, 1.165) is 17.8 Å². The Hall–Kier alpha value is -0.860. The van der Waals surface area contributed by atoms with Gasteiger partial charge in [0.2, 0.25) is 5.78 Å². The van der Waals surface area contributed by atoms with E-state index in [2.05, 4.69) is 0 Å². The van der Waals surface area contributed by atoms with Crippen LogP contribution in [0, 0.1) is 17.8 Å². The van der Waals surface area contributed by atoms with Crippen molar-refractivity contribution in [3.63, 3.8) is 0 Å². The Kier molecular flexibility index (Phi) is 1.85. The van der Waals surface area contributed by atoms with Crippen LogP contribution >= 0.6 is 0 Å². The maximum Gasteiger partial charge on any atom is 0.290 e. The Labute approximate surface area is 102 Å². The molecule has 5 rings (SSSR count). The zero-order valence-corrected chi connectivity index (χ0v) is 10.2. The van der Waals surface area contributed by atoms with Gasteiger partial charge in [-0.15, -0.1) is 0 Å². The molecule has 4 bridgehead atoms. The van der Waals surface area contributed by atoms with Crippen molar-refractivity contribution in [1.82, 2.24) is 4.90 Å². The van der Waals surface area contributed by atoms with Crippen molar-refractivity contribution in [2.75, 3.05) is 6.54 Å². The number of hydrogen-bond acceptors (Lipinski definition) is 2. The fraction of sp³-hybridized carbons (Fsp3) is 0.857. The van der Waals surface area contributed by atoms with E-state index in [0.29, 0.717) is 13.0 Å². The smallest absolute Gasteiger partial charge is 0.290 e. The molecule has 5 aliphatic rings. The number of Topliss-reactive ketones (excluding diaryl/α,β-unsaturated/α-hetero) is 1. The molecule has 0 aromatic carbocycles. The highest BCUT2D eigenvalue weighted by Gasteiger charge is 2.56. The molecule has 1 saturated heterocycles. The van der Waals surface area contributed by atoms with Gasteiger partial charge in [-0.2, -0.15) is 0 Å². The second kappa shape index (κ2) is 3.12. The highest BCUT2D eigenvalue weighted by atomic mass is 16.2. The first-order valence-corrected chi connectivity index (χ1v) is 7.01. The van der Waals surface area contributed by atoms with Gasteiger partial charge in [-0.1, -0.05) is 0 Å². The van der Waals surface area contributed by atoms with E-state index in [1.54, 1.807) is 0 Å². The maximum absolute atomic E-state index is 12.0. The van der Waals surface area contributed by atoms with Crippen LogP contribution in [0.5, 0.6) is 0 Å². The third-order valence-electron chi connectivity index (χ3n) is 5.62. The normalized spacial score (nSPS) is 48.2. The zero-order chi connectivity index (χ0) is 11.6. The first-order chi connectivity index (χ1) is 8.16. The van der Waals surface area contributed by atoms with Gasteiger partial charge in [0.15, 0.2) is 0 Å². The van der Waals surface area contributed by atoms with E-state index < -0.39 is 0 Å². The van der Waals surface area contributed by atoms with Gasteiger partial charge in [0.1, 0.15) is 0 Å². The predicted octanol–water partition coefficient (Wildman–Crippen LogP) is 1.76. The topological polar surface area (TPSA) is 37.4 Å². The SMILES string of the molecule is O=C1CCN(C23CC4CC(CC(C4)C2)C3)C1=O. The number of nitrogens with zero attached hydrogens (tertiary/aromatic N) is 1. The molecule has 1 heterocycles. The van der Waals surface area contributed by atoms with Crippen molar-refractivity contribution in [3.05, 3.63) is 0 Å². The van der Waals surface area contributed by atoms with Crippen molar-refractivity contribution in [2.45, 2.75) is 50.5 Å². The molecule has 3 heteroatoms. The molecule has 0 spiro atoms. The average molecular weight is 233 g/mol. The molecule has 0 radical (unpaired) electrons. The van der Waals surface area contributed by atoms with Crippen LogP contribution in [0.25, 0.3) is 0 Å². The molecule has 0 atom stereocenters. The van der Waals surface area contributed by atoms with Gasteiger partial charge in [-0.3, -0.25) is 9.59 Å². The lowest BCUT2D eigenvalue weighted by molar-refractivity contribution is -0.151. The van der Waals surface area contributed by atoms with Crippen molar-refractivity contribution < 1.29 is 9.59 Å². The first-order valence-electron chi connectivity index (χ1n) is 7.01. The summed E-state index contributed by atoms with van der Waals surface area (Å²) in [5.41, 5.74) is 0.0952. The van der Waals surface area contributed by atoms with E-state index in [4.69, 9.17) is 0 Å². The van der Waals surface area contributed by atoms with Crippen molar-refractivity contribution >= 4 is 11.7 Å². The molecule has 4 saturated carbocycles. The zero-order valence-electron chi connectivity index (χ0n) is 10.2. The summed E-state index contributed by atoms with van der Waals surface area (Å²) in [6, 6.07) is 0. The lowest BCUT2D eigenvalue weighted by Crippen LogP contribution is -2.60. The summed E-state index contributed by atoms with van der Waals surface area (Å²) < 4.78 is 0. The Morgan fingerprint density at radius 3 is 1.88 bits per heavy atom. The predicted molar refractivity (Wildman–Crippen MR) is 62.2 cm³/mol. The molecule has 1 aliphatic heterocycles. The molecule has 4 aliphatic carbocycles. The molecule has 3 nitrogen and oxygen atoms in total. The maximum atomic E-state index is 12.0. The van der Waals surface area contributed by atoms with Crippen molar-refractivity contribution in [2.24, 2.45) is 17.8 Å². The molecule has 92 valence electrons. The van der Waals surface area contributed by atoms with Gasteiger partial charge in [-0.05, 0) is 56.3 Å². The van der Waals surface area contributed by atoms with Crippen LogP contribution in [0.1, 0.15) is 44.9 Å². The quantitative estimate of drug-likeness (QED) is 0.647. The summed E-state index contributed by atoms with van der Waals surface area (Å²) >= 11 is 0. The van der Waals surface area contributed by atoms with Crippen LogP contribution < -0.4 is 0 Å². The number of carbonyl (C=O) groups is 2. The number of carbonyl (C=O) groups excluding carboxylic acids is 2. The first kappa shape index (κ1) is 10.1. The Balaban J connectivity index is 1.68. The largest absolute Gasteiger partial charge is 0.330 e. The Morgan fingerprint density at radius 1 is 0.941 bits per heavy atom. The number of ketones is 1. The monoisotopic (exact) mass is 233 g/mol. The lowest BCUT2D eigenvalue weighted by atomic mass is 9.52. The lowest BCUT2D eigenvalue weighted by Gasteiger charge is -2.59. The molecule has 17 heavy (non-hydrogen) atoms. The minimum absolute atomic E-state index is 0.0952. The van der Waals surface area contributed by atoms with E-state index in [1.165, 1.54) is 38.5 Å². The summed E-state index contributed by atoms with van der Waals surface area (Å²) in [6.45, 7) is 0.698. The van der Waals surface area contributed by atoms with E-state index in [-0.39, 0.29) is 17.2 Å². The van der Waals surface area contributed by atoms with Crippen LogP contribution in [0.4, 0.5) is 0 Å². The Bertz CT molecular complexity index is 366. The molecule has 1 amide bonds. The summed E-state index contributed by atoms with van der Waals surface area (Å²) in [7, 11) is 0. The molecular weight excluding hydrogens is 214 g/mol. The number of rotatable bonds is 1.